The van der Waals surface area contributed by atoms with Crippen molar-refractivity contribution in [3.8, 4) is 5.75 Å². The van der Waals surface area contributed by atoms with Crippen LogP contribution in [0.25, 0.3) is 0 Å². The summed E-state index contributed by atoms with van der Waals surface area (Å²) in [7, 11) is 0. The summed E-state index contributed by atoms with van der Waals surface area (Å²) in [5, 5.41) is 2.68. The molecule has 0 fully saturated rings. The highest BCUT2D eigenvalue weighted by molar-refractivity contribution is 5.93. The second-order valence-electron chi connectivity index (χ2n) is 5.02. The smallest absolute Gasteiger partial charge is 0.260 e. The van der Waals surface area contributed by atoms with E-state index in [0.717, 1.165) is 0 Å². The number of aromatic nitrogens is 1. The van der Waals surface area contributed by atoms with Gasteiger partial charge in [-0.2, -0.15) is 0 Å². The van der Waals surface area contributed by atoms with Crippen LogP contribution in [-0.2, 0) is 0 Å². The number of halogens is 1. The Balaban J connectivity index is 1.91. The molecule has 1 heterocycles. The third-order valence-corrected chi connectivity index (χ3v) is 2.99. The predicted octanol–water partition coefficient (Wildman–Crippen LogP) is 2.02. The number of amides is 1. The molecule has 0 aliphatic heterocycles. The van der Waals surface area contributed by atoms with Crippen molar-refractivity contribution in [3.05, 3.63) is 63.8 Å². The van der Waals surface area contributed by atoms with Gasteiger partial charge in [-0.25, -0.2) is 4.39 Å². The SMILES string of the molecule is Cc1ccc(C(=O)N[C@@H](C)COc2ccc(F)cc2)c(=O)[nH]1. The Morgan fingerprint density at radius 3 is 2.59 bits per heavy atom. The number of hydrogen-bond acceptors (Lipinski definition) is 3. The average Bonchev–Trinajstić information content (AvgIpc) is 2.46. The molecule has 6 heteroatoms. The summed E-state index contributed by atoms with van der Waals surface area (Å²) < 4.78 is 18.2. The molecule has 22 heavy (non-hydrogen) atoms. The molecule has 0 unspecified atom stereocenters. The number of aromatic amines is 1. The number of H-pyrrole nitrogens is 1. The maximum atomic E-state index is 12.8. The fourth-order valence-electron chi connectivity index (χ4n) is 1.85. The number of aryl methyl sites for hydroxylation is 1. The van der Waals surface area contributed by atoms with Crippen LogP contribution in [0.2, 0.25) is 0 Å². The lowest BCUT2D eigenvalue weighted by Gasteiger charge is -2.15. The number of carbonyl (C=O) groups excluding carboxylic acids is 1. The number of nitrogens with one attached hydrogen (secondary N) is 2. The Morgan fingerprint density at radius 2 is 1.95 bits per heavy atom. The number of benzene rings is 1. The molecule has 2 rings (SSSR count). The van der Waals surface area contributed by atoms with E-state index in [2.05, 4.69) is 10.3 Å². The van der Waals surface area contributed by atoms with Crippen molar-refractivity contribution in [1.29, 1.82) is 0 Å². The van der Waals surface area contributed by atoms with E-state index in [4.69, 9.17) is 4.74 Å². The van der Waals surface area contributed by atoms with Crippen molar-refractivity contribution in [1.82, 2.24) is 10.3 Å². The zero-order valence-electron chi connectivity index (χ0n) is 12.4. The molecule has 1 atom stereocenters. The number of rotatable bonds is 5. The van der Waals surface area contributed by atoms with Gasteiger partial charge in [0.1, 0.15) is 23.7 Å². The van der Waals surface area contributed by atoms with Gasteiger partial charge in [-0.05, 0) is 50.2 Å². The summed E-state index contributed by atoms with van der Waals surface area (Å²) in [6.07, 6.45) is 0. The lowest BCUT2D eigenvalue weighted by Crippen LogP contribution is -2.39. The van der Waals surface area contributed by atoms with Crippen molar-refractivity contribution in [2.75, 3.05) is 6.61 Å². The molecule has 0 radical (unpaired) electrons. The Hall–Kier alpha value is -2.63. The standard InChI is InChI=1S/C16H17FN2O3/c1-10-3-8-14(15(20)18-10)16(21)19-11(2)9-22-13-6-4-12(17)5-7-13/h3-8,11H,9H2,1-2H3,(H,18,20)(H,19,21)/t11-/m0/s1. The molecule has 5 nitrogen and oxygen atoms in total. The van der Waals surface area contributed by atoms with Crippen molar-refractivity contribution < 1.29 is 13.9 Å². The quantitative estimate of drug-likeness (QED) is 0.888. The monoisotopic (exact) mass is 304 g/mol. The van der Waals surface area contributed by atoms with E-state index in [0.29, 0.717) is 11.4 Å². The maximum absolute atomic E-state index is 12.8. The van der Waals surface area contributed by atoms with Gasteiger partial charge in [0.2, 0.25) is 0 Å². The molecule has 0 saturated carbocycles. The summed E-state index contributed by atoms with van der Waals surface area (Å²) >= 11 is 0. The number of carbonyl (C=O) groups is 1. The first-order valence-corrected chi connectivity index (χ1v) is 6.85. The van der Waals surface area contributed by atoms with Gasteiger partial charge in [0, 0.05) is 5.69 Å². The van der Waals surface area contributed by atoms with Crippen molar-refractivity contribution in [2.45, 2.75) is 19.9 Å². The molecule has 1 aromatic carbocycles. The summed E-state index contributed by atoms with van der Waals surface area (Å²) in [6, 6.07) is 8.45. The lowest BCUT2D eigenvalue weighted by molar-refractivity contribution is 0.0925. The van der Waals surface area contributed by atoms with Gasteiger partial charge < -0.3 is 15.0 Å². The van der Waals surface area contributed by atoms with Crippen LogP contribution in [0, 0.1) is 12.7 Å². The van der Waals surface area contributed by atoms with Gasteiger partial charge in [-0.3, -0.25) is 9.59 Å². The second kappa shape index (κ2) is 6.89. The third-order valence-electron chi connectivity index (χ3n) is 2.99. The van der Waals surface area contributed by atoms with E-state index < -0.39 is 11.5 Å². The van der Waals surface area contributed by atoms with Crippen molar-refractivity contribution >= 4 is 5.91 Å². The molecule has 0 bridgehead atoms. The highest BCUT2D eigenvalue weighted by atomic mass is 19.1. The normalized spacial score (nSPS) is 11.8. The van der Waals surface area contributed by atoms with Gasteiger partial charge in [-0.15, -0.1) is 0 Å². The Labute approximate surface area is 127 Å². The van der Waals surface area contributed by atoms with Gasteiger partial charge in [-0.1, -0.05) is 0 Å². The van der Waals surface area contributed by atoms with Crippen LogP contribution in [0.1, 0.15) is 23.0 Å². The van der Waals surface area contributed by atoms with Crippen LogP contribution in [0.15, 0.2) is 41.2 Å². The minimum atomic E-state index is -0.462. The van der Waals surface area contributed by atoms with Crippen LogP contribution in [-0.4, -0.2) is 23.5 Å². The highest BCUT2D eigenvalue weighted by Gasteiger charge is 2.13. The van der Waals surface area contributed by atoms with Gasteiger partial charge in [0.05, 0.1) is 6.04 Å². The first kappa shape index (κ1) is 15.8. The van der Waals surface area contributed by atoms with E-state index in [-0.39, 0.29) is 24.0 Å². The maximum Gasteiger partial charge on any atom is 0.260 e. The van der Waals surface area contributed by atoms with Crippen LogP contribution in [0.5, 0.6) is 5.75 Å². The molecule has 0 spiro atoms. The highest BCUT2D eigenvalue weighted by Crippen LogP contribution is 2.11. The van der Waals surface area contributed by atoms with Crippen LogP contribution < -0.4 is 15.6 Å². The van der Waals surface area contributed by atoms with E-state index in [1.807, 2.05) is 0 Å². The Morgan fingerprint density at radius 1 is 1.27 bits per heavy atom. The summed E-state index contributed by atoms with van der Waals surface area (Å²) in [5.74, 6) is -0.292. The molecule has 116 valence electrons. The first-order chi connectivity index (χ1) is 10.5. The topological polar surface area (TPSA) is 71.2 Å². The minimum absolute atomic E-state index is 0.0548. The largest absolute Gasteiger partial charge is 0.491 e. The molecule has 2 N–H and O–H groups in total. The lowest BCUT2D eigenvalue weighted by atomic mass is 10.2. The molecular weight excluding hydrogens is 287 g/mol. The molecule has 0 aliphatic rings. The van der Waals surface area contributed by atoms with Crippen molar-refractivity contribution in [2.24, 2.45) is 0 Å². The van der Waals surface area contributed by atoms with Crippen LogP contribution in [0.3, 0.4) is 0 Å². The number of ether oxygens (including phenoxy) is 1. The summed E-state index contributed by atoms with van der Waals surface area (Å²) in [5.41, 5.74) is 0.317. The van der Waals surface area contributed by atoms with Gasteiger partial charge in [0.15, 0.2) is 0 Å². The van der Waals surface area contributed by atoms with E-state index in [1.165, 1.54) is 30.3 Å². The van der Waals surface area contributed by atoms with Crippen LogP contribution in [0.4, 0.5) is 4.39 Å². The first-order valence-electron chi connectivity index (χ1n) is 6.85. The number of pyridine rings is 1. The molecule has 1 amide bonds. The summed E-state index contributed by atoms with van der Waals surface area (Å²) in [4.78, 5) is 26.3. The second-order valence-corrected chi connectivity index (χ2v) is 5.02. The van der Waals surface area contributed by atoms with Crippen molar-refractivity contribution in [3.63, 3.8) is 0 Å². The fraction of sp³-hybridized carbons (Fsp3) is 0.250. The van der Waals surface area contributed by atoms with Gasteiger partial charge >= 0.3 is 0 Å². The Bertz CT molecular complexity index is 710. The van der Waals surface area contributed by atoms with E-state index in [1.54, 1.807) is 19.9 Å². The Kier molecular flexibility index (Phi) is 4.93. The zero-order chi connectivity index (χ0) is 16.1. The van der Waals surface area contributed by atoms with Crippen LogP contribution >= 0.6 is 0 Å². The molecule has 0 aliphatic carbocycles. The molecule has 0 saturated heterocycles. The third kappa shape index (κ3) is 4.18. The molecular formula is C16H17FN2O3. The molecule has 2 aromatic rings. The van der Waals surface area contributed by atoms with Gasteiger partial charge in [0.25, 0.3) is 11.5 Å². The minimum Gasteiger partial charge on any atom is -0.491 e. The fourth-order valence-corrected chi connectivity index (χ4v) is 1.85. The van der Waals surface area contributed by atoms with E-state index >= 15 is 0 Å². The zero-order valence-corrected chi connectivity index (χ0v) is 12.4. The summed E-state index contributed by atoms with van der Waals surface area (Å²) in [6.45, 7) is 3.70. The average molecular weight is 304 g/mol. The van der Waals surface area contributed by atoms with E-state index in [9.17, 15) is 14.0 Å². The predicted molar refractivity (Wildman–Crippen MR) is 80.6 cm³/mol. The number of hydrogen-bond donors (Lipinski definition) is 2. The molecule has 1 aromatic heterocycles.